The van der Waals surface area contributed by atoms with Gasteiger partial charge in [-0.25, -0.2) is 8.42 Å². The summed E-state index contributed by atoms with van der Waals surface area (Å²) in [5, 5.41) is 10.9. The highest BCUT2D eigenvalue weighted by Crippen LogP contribution is 2.28. The number of nitro groups is 1. The van der Waals surface area contributed by atoms with Crippen LogP contribution >= 0.6 is 15.9 Å². The highest BCUT2D eigenvalue weighted by atomic mass is 79.9. The molecule has 0 heterocycles. The fourth-order valence-corrected chi connectivity index (χ4v) is 3.93. The SMILES string of the molecule is Nc1ccc(Br)cc1S(=O)(=O)Cc1ccccc1[N+](=O)[O-]. The minimum absolute atomic E-state index is 0.0463. The molecule has 21 heavy (non-hydrogen) atoms. The number of nitro benzene ring substituents is 1. The van der Waals surface area contributed by atoms with Gasteiger partial charge in [0.05, 0.1) is 21.3 Å². The van der Waals surface area contributed by atoms with Crippen molar-refractivity contribution >= 4 is 37.1 Å². The molecule has 0 bridgehead atoms. The number of hydrogen-bond acceptors (Lipinski definition) is 5. The molecule has 2 N–H and O–H groups in total. The average molecular weight is 371 g/mol. The summed E-state index contributed by atoms with van der Waals surface area (Å²) in [5.74, 6) is -0.481. The number of benzene rings is 2. The van der Waals surface area contributed by atoms with E-state index in [1.54, 1.807) is 12.1 Å². The normalized spacial score (nSPS) is 11.3. The number of nitrogen functional groups attached to an aromatic ring is 1. The lowest BCUT2D eigenvalue weighted by Crippen LogP contribution is -2.09. The van der Waals surface area contributed by atoms with Crippen molar-refractivity contribution in [1.29, 1.82) is 0 Å². The van der Waals surface area contributed by atoms with Crippen LogP contribution in [0.2, 0.25) is 0 Å². The van der Waals surface area contributed by atoms with Crippen LogP contribution in [0.15, 0.2) is 51.8 Å². The molecule has 2 aromatic carbocycles. The standard InChI is InChI=1S/C13H11BrN2O4S/c14-10-5-6-11(15)13(7-10)21(19,20)8-9-3-1-2-4-12(9)16(17)18/h1-7H,8,15H2. The molecule has 0 aliphatic carbocycles. The van der Waals surface area contributed by atoms with Crippen molar-refractivity contribution in [2.45, 2.75) is 10.6 Å². The molecule has 0 saturated carbocycles. The fraction of sp³-hybridized carbons (Fsp3) is 0.0769. The minimum atomic E-state index is -3.78. The molecule has 2 rings (SSSR count). The lowest BCUT2D eigenvalue weighted by Gasteiger charge is -2.08. The van der Waals surface area contributed by atoms with Gasteiger partial charge in [0, 0.05) is 16.1 Å². The van der Waals surface area contributed by atoms with Crippen LogP contribution < -0.4 is 5.73 Å². The Hall–Kier alpha value is -1.93. The first-order chi connectivity index (χ1) is 9.81. The molecule has 2 aromatic rings. The van der Waals surface area contributed by atoms with E-state index >= 15 is 0 Å². The molecule has 6 nitrogen and oxygen atoms in total. The van der Waals surface area contributed by atoms with E-state index in [4.69, 9.17) is 5.73 Å². The largest absolute Gasteiger partial charge is 0.398 e. The zero-order valence-electron chi connectivity index (χ0n) is 10.7. The van der Waals surface area contributed by atoms with Crippen molar-refractivity contribution < 1.29 is 13.3 Å². The summed E-state index contributed by atoms with van der Waals surface area (Å²) in [7, 11) is -3.78. The van der Waals surface area contributed by atoms with Crippen LogP contribution in [0, 0.1) is 10.1 Å². The quantitative estimate of drug-likeness (QED) is 0.506. The number of hydrogen-bond donors (Lipinski definition) is 1. The van der Waals surface area contributed by atoms with E-state index in [1.807, 2.05) is 0 Å². The average Bonchev–Trinajstić information content (AvgIpc) is 2.41. The molecule has 0 aromatic heterocycles. The van der Waals surface area contributed by atoms with Crippen LogP contribution in [0.3, 0.4) is 0 Å². The molecule has 0 aliphatic heterocycles. The molecule has 0 atom stereocenters. The van der Waals surface area contributed by atoms with E-state index in [9.17, 15) is 18.5 Å². The van der Waals surface area contributed by atoms with E-state index in [1.165, 1.54) is 30.3 Å². The van der Waals surface area contributed by atoms with Gasteiger partial charge in [0.15, 0.2) is 9.84 Å². The highest BCUT2D eigenvalue weighted by molar-refractivity contribution is 9.10. The van der Waals surface area contributed by atoms with Crippen molar-refractivity contribution in [2.24, 2.45) is 0 Å². The molecule has 0 spiro atoms. The second-order valence-electron chi connectivity index (χ2n) is 4.33. The number of rotatable bonds is 4. The minimum Gasteiger partial charge on any atom is -0.398 e. The van der Waals surface area contributed by atoms with Gasteiger partial charge in [-0.15, -0.1) is 0 Å². The topological polar surface area (TPSA) is 103 Å². The van der Waals surface area contributed by atoms with E-state index in [0.717, 1.165) is 0 Å². The maximum atomic E-state index is 12.4. The van der Waals surface area contributed by atoms with E-state index in [2.05, 4.69) is 15.9 Å². The van der Waals surface area contributed by atoms with E-state index < -0.39 is 20.5 Å². The summed E-state index contributed by atoms with van der Waals surface area (Å²) in [5.41, 5.74) is 5.70. The van der Waals surface area contributed by atoms with Crippen molar-refractivity contribution in [3.63, 3.8) is 0 Å². The summed E-state index contributed by atoms with van der Waals surface area (Å²) in [4.78, 5) is 10.3. The molecule has 0 radical (unpaired) electrons. The predicted octanol–water partition coefficient (Wildman–Crippen LogP) is 2.91. The first-order valence-electron chi connectivity index (χ1n) is 5.81. The van der Waals surface area contributed by atoms with Crippen LogP contribution in [0.1, 0.15) is 5.56 Å². The number of nitrogens with two attached hydrogens (primary N) is 1. The highest BCUT2D eigenvalue weighted by Gasteiger charge is 2.23. The molecule has 0 saturated heterocycles. The Labute approximate surface area is 129 Å². The van der Waals surface area contributed by atoms with Gasteiger partial charge >= 0.3 is 0 Å². The summed E-state index contributed by atoms with van der Waals surface area (Å²) < 4.78 is 25.4. The van der Waals surface area contributed by atoms with Gasteiger partial charge in [0.2, 0.25) is 0 Å². The molecular weight excluding hydrogens is 360 g/mol. The Bertz CT molecular complexity index is 806. The van der Waals surface area contributed by atoms with Crippen molar-refractivity contribution in [1.82, 2.24) is 0 Å². The van der Waals surface area contributed by atoms with E-state index in [-0.39, 0.29) is 21.8 Å². The lowest BCUT2D eigenvalue weighted by molar-refractivity contribution is -0.385. The van der Waals surface area contributed by atoms with Gasteiger partial charge in [-0.05, 0) is 18.2 Å². The second-order valence-corrected chi connectivity index (χ2v) is 7.20. The molecule has 0 fully saturated rings. The molecule has 0 amide bonds. The Morgan fingerprint density at radius 1 is 1.19 bits per heavy atom. The lowest BCUT2D eigenvalue weighted by atomic mass is 10.2. The van der Waals surface area contributed by atoms with Crippen molar-refractivity contribution in [2.75, 3.05) is 5.73 Å². The van der Waals surface area contributed by atoms with Crippen LogP contribution in [0.25, 0.3) is 0 Å². The molecule has 0 unspecified atom stereocenters. The molecular formula is C13H11BrN2O4S. The summed E-state index contributed by atoms with van der Waals surface area (Å²) in [6, 6.07) is 10.2. The zero-order chi connectivity index (χ0) is 15.6. The summed E-state index contributed by atoms with van der Waals surface area (Å²) in [6.45, 7) is 0. The monoisotopic (exact) mass is 370 g/mol. The smallest absolute Gasteiger partial charge is 0.273 e. The van der Waals surface area contributed by atoms with Gasteiger partial charge in [0.1, 0.15) is 0 Å². The molecule has 0 aliphatic rings. The Kier molecular flexibility index (Phi) is 4.29. The number of nitrogens with zero attached hydrogens (tertiary/aromatic N) is 1. The van der Waals surface area contributed by atoms with E-state index in [0.29, 0.717) is 4.47 Å². The summed E-state index contributed by atoms with van der Waals surface area (Å²) >= 11 is 3.18. The Morgan fingerprint density at radius 2 is 1.86 bits per heavy atom. The summed E-state index contributed by atoms with van der Waals surface area (Å²) in [6.07, 6.45) is 0. The van der Waals surface area contributed by atoms with Crippen molar-refractivity contribution in [3.8, 4) is 0 Å². The van der Waals surface area contributed by atoms with Gasteiger partial charge in [0.25, 0.3) is 5.69 Å². The zero-order valence-corrected chi connectivity index (χ0v) is 13.1. The second kappa shape index (κ2) is 5.82. The first kappa shape index (κ1) is 15.5. The third-order valence-electron chi connectivity index (χ3n) is 2.84. The number of anilines is 1. The van der Waals surface area contributed by atoms with Gasteiger partial charge in [-0.1, -0.05) is 34.1 Å². The Balaban J connectivity index is 2.48. The number of halogens is 1. The number of para-hydroxylation sites is 1. The first-order valence-corrected chi connectivity index (χ1v) is 8.26. The van der Waals surface area contributed by atoms with Crippen LogP contribution in [-0.4, -0.2) is 13.3 Å². The van der Waals surface area contributed by atoms with Gasteiger partial charge in [-0.2, -0.15) is 0 Å². The van der Waals surface area contributed by atoms with Crippen LogP contribution in [0.4, 0.5) is 11.4 Å². The fourth-order valence-electron chi connectivity index (χ4n) is 1.87. The van der Waals surface area contributed by atoms with Crippen LogP contribution in [0.5, 0.6) is 0 Å². The van der Waals surface area contributed by atoms with Crippen molar-refractivity contribution in [3.05, 3.63) is 62.6 Å². The third-order valence-corrected chi connectivity index (χ3v) is 5.05. The third kappa shape index (κ3) is 3.40. The van der Waals surface area contributed by atoms with Gasteiger partial charge < -0.3 is 5.73 Å². The molecule has 8 heteroatoms. The molecule has 110 valence electrons. The maximum absolute atomic E-state index is 12.4. The van der Waals surface area contributed by atoms with Crippen LogP contribution in [-0.2, 0) is 15.6 Å². The van der Waals surface area contributed by atoms with Gasteiger partial charge in [-0.3, -0.25) is 10.1 Å². The predicted molar refractivity (Wildman–Crippen MR) is 82.5 cm³/mol. The Morgan fingerprint density at radius 3 is 2.52 bits per heavy atom. The maximum Gasteiger partial charge on any atom is 0.273 e. The number of sulfone groups is 1.